The lowest BCUT2D eigenvalue weighted by Crippen LogP contribution is -2.23. The quantitative estimate of drug-likeness (QED) is 0.911. The van der Waals surface area contributed by atoms with Crippen molar-refractivity contribution in [2.75, 3.05) is 13.1 Å². The highest BCUT2D eigenvalue weighted by molar-refractivity contribution is 5.89. The lowest BCUT2D eigenvalue weighted by Gasteiger charge is -2.19. The molecule has 1 aliphatic rings. The third kappa shape index (κ3) is 2.93. The molecular formula is C18H26N2O. The first-order valence-corrected chi connectivity index (χ1v) is 8.20. The maximum absolute atomic E-state index is 10.3. The Morgan fingerprint density at radius 2 is 1.81 bits per heavy atom. The Bertz CT molecular complexity index is 607. The number of hydrogen-bond acceptors (Lipinski definition) is 2. The summed E-state index contributed by atoms with van der Waals surface area (Å²) in [5.74, 6) is 0.414. The standard InChI is InChI=1S/C18H26N2O/c1-14(2)20-13-15(12-19-10-5-3-4-6-11-19)18-16(20)8-7-9-17(18)21/h7-9,13-14,21H,3-6,10-12H2,1-2H3. The molecule has 21 heavy (non-hydrogen) atoms. The highest BCUT2D eigenvalue weighted by atomic mass is 16.3. The van der Waals surface area contributed by atoms with Crippen molar-refractivity contribution in [3.63, 3.8) is 0 Å². The summed E-state index contributed by atoms with van der Waals surface area (Å²) in [4.78, 5) is 2.54. The topological polar surface area (TPSA) is 28.4 Å². The van der Waals surface area contributed by atoms with Crippen LogP contribution in [0.4, 0.5) is 0 Å². The molecule has 0 aliphatic carbocycles. The van der Waals surface area contributed by atoms with Crippen molar-refractivity contribution in [2.24, 2.45) is 0 Å². The van der Waals surface area contributed by atoms with Gasteiger partial charge in [-0.2, -0.15) is 0 Å². The summed E-state index contributed by atoms with van der Waals surface area (Å²) in [6.45, 7) is 7.70. The van der Waals surface area contributed by atoms with Crippen LogP contribution in [0.5, 0.6) is 5.75 Å². The van der Waals surface area contributed by atoms with Gasteiger partial charge in [-0.25, -0.2) is 0 Å². The zero-order valence-electron chi connectivity index (χ0n) is 13.2. The van der Waals surface area contributed by atoms with Gasteiger partial charge in [0.2, 0.25) is 0 Å². The number of likely N-dealkylation sites (tertiary alicyclic amines) is 1. The van der Waals surface area contributed by atoms with E-state index in [2.05, 4.69) is 35.6 Å². The van der Waals surface area contributed by atoms with Crippen LogP contribution >= 0.6 is 0 Å². The van der Waals surface area contributed by atoms with Gasteiger partial charge in [0.15, 0.2) is 0 Å². The van der Waals surface area contributed by atoms with Gasteiger partial charge in [-0.05, 0) is 57.5 Å². The lowest BCUT2D eigenvalue weighted by molar-refractivity contribution is 0.277. The largest absolute Gasteiger partial charge is 0.507 e. The maximum Gasteiger partial charge on any atom is 0.125 e. The summed E-state index contributed by atoms with van der Waals surface area (Å²) >= 11 is 0. The summed E-state index contributed by atoms with van der Waals surface area (Å²) in [7, 11) is 0. The van der Waals surface area contributed by atoms with Crippen LogP contribution in [0.1, 0.15) is 51.1 Å². The zero-order chi connectivity index (χ0) is 14.8. The van der Waals surface area contributed by atoms with Crippen molar-refractivity contribution in [3.05, 3.63) is 30.0 Å². The highest BCUT2D eigenvalue weighted by Gasteiger charge is 2.17. The van der Waals surface area contributed by atoms with E-state index in [1.54, 1.807) is 6.07 Å². The predicted octanol–water partition coefficient (Wildman–Crippen LogP) is 4.30. The van der Waals surface area contributed by atoms with E-state index in [0.717, 1.165) is 17.4 Å². The van der Waals surface area contributed by atoms with Crippen LogP contribution in [0.3, 0.4) is 0 Å². The van der Waals surface area contributed by atoms with Gasteiger partial charge in [-0.1, -0.05) is 18.9 Å². The van der Waals surface area contributed by atoms with Gasteiger partial charge < -0.3 is 9.67 Å². The molecule has 0 amide bonds. The number of aromatic nitrogens is 1. The average molecular weight is 286 g/mol. The normalized spacial score (nSPS) is 17.5. The minimum Gasteiger partial charge on any atom is -0.507 e. The molecule has 2 aromatic rings. The Kier molecular flexibility index (Phi) is 4.20. The third-order valence-electron chi connectivity index (χ3n) is 4.56. The van der Waals surface area contributed by atoms with Crippen LogP contribution in [0.2, 0.25) is 0 Å². The first-order valence-electron chi connectivity index (χ1n) is 8.20. The molecule has 1 aromatic heterocycles. The fourth-order valence-electron chi connectivity index (χ4n) is 3.46. The third-order valence-corrected chi connectivity index (χ3v) is 4.56. The molecule has 0 saturated carbocycles. The van der Waals surface area contributed by atoms with Gasteiger partial charge in [0.05, 0.1) is 5.52 Å². The van der Waals surface area contributed by atoms with Crippen molar-refractivity contribution >= 4 is 10.9 Å². The Labute approximate surface area is 127 Å². The van der Waals surface area contributed by atoms with E-state index in [4.69, 9.17) is 0 Å². The Balaban J connectivity index is 1.97. The number of aromatic hydroxyl groups is 1. The van der Waals surface area contributed by atoms with Gasteiger partial charge in [0.25, 0.3) is 0 Å². The van der Waals surface area contributed by atoms with Gasteiger partial charge >= 0.3 is 0 Å². The van der Waals surface area contributed by atoms with E-state index in [9.17, 15) is 5.11 Å². The van der Waals surface area contributed by atoms with Crippen LogP contribution in [-0.2, 0) is 6.54 Å². The van der Waals surface area contributed by atoms with Crippen molar-refractivity contribution in [1.82, 2.24) is 9.47 Å². The number of fused-ring (bicyclic) bond motifs is 1. The second-order valence-corrected chi connectivity index (χ2v) is 6.52. The molecular weight excluding hydrogens is 260 g/mol. The molecule has 1 fully saturated rings. The monoisotopic (exact) mass is 286 g/mol. The molecule has 0 atom stereocenters. The van der Waals surface area contributed by atoms with Gasteiger partial charge in [0.1, 0.15) is 5.75 Å². The van der Waals surface area contributed by atoms with Crippen molar-refractivity contribution in [3.8, 4) is 5.75 Å². The average Bonchev–Trinajstić information content (AvgIpc) is 2.64. The van der Waals surface area contributed by atoms with Crippen molar-refractivity contribution in [1.29, 1.82) is 0 Å². The fourth-order valence-corrected chi connectivity index (χ4v) is 3.46. The molecule has 0 unspecified atom stereocenters. The summed E-state index contributed by atoms with van der Waals surface area (Å²) in [5, 5.41) is 11.3. The Morgan fingerprint density at radius 1 is 1.10 bits per heavy atom. The fraction of sp³-hybridized carbons (Fsp3) is 0.556. The molecule has 3 rings (SSSR count). The maximum atomic E-state index is 10.3. The summed E-state index contributed by atoms with van der Waals surface area (Å²) in [6.07, 6.45) is 7.55. The molecule has 1 N–H and O–H groups in total. The molecule has 0 radical (unpaired) electrons. The number of phenolic OH excluding ortho intramolecular Hbond substituents is 1. The first-order chi connectivity index (χ1) is 10.2. The van der Waals surface area contributed by atoms with E-state index in [-0.39, 0.29) is 0 Å². The number of nitrogens with zero attached hydrogens (tertiary/aromatic N) is 2. The number of benzene rings is 1. The zero-order valence-corrected chi connectivity index (χ0v) is 13.2. The minimum absolute atomic E-state index is 0.409. The molecule has 114 valence electrons. The second kappa shape index (κ2) is 6.10. The number of phenols is 1. The lowest BCUT2D eigenvalue weighted by atomic mass is 10.1. The van der Waals surface area contributed by atoms with Crippen LogP contribution in [0.25, 0.3) is 10.9 Å². The Morgan fingerprint density at radius 3 is 2.48 bits per heavy atom. The van der Waals surface area contributed by atoms with Crippen LogP contribution in [0, 0.1) is 0 Å². The van der Waals surface area contributed by atoms with Gasteiger partial charge in [-0.3, -0.25) is 4.90 Å². The molecule has 0 bridgehead atoms. The second-order valence-electron chi connectivity index (χ2n) is 6.52. The number of rotatable bonds is 3. The van der Waals surface area contributed by atoms with Crippen LogP contribution in [0.15, 0.2) is 24.4 Å². The van der Waals surface area contributed by atoms with E-state index >= 15 is 0 Å². The Hall–Kier alpha value is -1.48. The van der Waals surface area contributed by atoms with E-state index in [1.807, 2.05) is 6.07 Å². The van der Waals surface area contributed by atoms with Crippen molar-refractivity contribution in [2.45, 2.75) is 52.1 Å². The summed E-state index contributed by atoms with van der Waals surface area (Å²) < 4.78 is 2.28. The SMILES string of the molecule is CC(C)n1cc(CN2CCCCCC2)c2c(O)cccc21. The smallest absolute Gasteiger partial charge is 0.125 e. The van der Waals surface area contributed by atoms with Gasteiger partial charge in [0, 0.05) is 24.2 Å². The van der Waals surface area contributed by atoms with Crippen molar-refractivity contribution < 1.29 is 5.11 Å². The summed E-state index contributed by atoms with van der Waals surface area (Å²) in [6, 6.07) is 6.26. The number of hydrogen-bond donors (Lipinski definition) is 1. The molecule has 2 heterocycles. The highest BCUT2D eigenvalue weighted by Crippen LogP contribution is 2.32. The molecule has 1 aliphatic heterocycles. The van der Waals surface area contributed by atoms with Crippen LogP contribution < -0.4 is 0 Å². The van der Waals surface area contributed by atoms with E-state index in [1.165, 1.54) is 44.3 Å². The molecule has 3 heteroatoms. The first kappa shape index (κ1) is 14.5. The molecule has 3 nitrogen and oxygen atoms in total. The minimum atomic E-state index is 0.409. The van der Waals surface area contributed by atoms with Gasteiger partial charge in [-0.15, -0.1) is 0 Å². The van der Waals surface area contributed by atoms with E-state index in [0.29, 0.717) is 11.8 Å². The summed E-state index contributed by atoms with van der Waals surface area (Å²) in [5.41, 5.74) is 2.41. The molecule has 1 aromatic carbocycles. The van der Waals surface area contributed by atoms with E-state index < -0.39 is 0 Å². The van der Waals surface area contributed by atoms with Crippen LogP contribution in [-0.4, -0.2) is 27.7 Å². The molecule has 0 spiro atoms. The predicted molar refractivity (Wildman–Crippen MR) is 87.7 cm³/mol. The molecule has 1 saturated heterocycles.